The summed E-state index contributed by atoms with van der Waals surface area (Å²) in [7, 11) is 0. The van der Waals surface area contributed by atoms with Gasteiger partial charge < -0.3 is 15.0 Å². The molecule has 1 aromatic heterocycles. The number of piperidine rings is 1. The van der Waals surface area contributed by atoms with Crippen LogP contribution in [0.4, 0.5) is 0 Å². The van der Waals surface area contributed by atoms with Gasteiger partial charge in [-0.25, -0.2) is 0 Å². The van der Waals surface area contributed by atoms with Crippen LogP contribution < -0.4 is 0 Å². The normalized spacial score (nSPS) is 24.4. The van der Waals surface area contributed by atoms with E-state index in [1.165, 1.54) is 0 Å². The molecule has 2 N–H and O–H groups in total. The summed E-state index contributed by atoms with van der Waals surface area (Å²) in [4.78, 5) is 41.0. The lowest BCUT2D eigenvalue weighted by Gasteiger charge is -2.36. The quantitative estimate of drug-likeness (QED) is 0.874. The first-order valence-electron chi connectivity index (χ1n) is 8.18. The molecule has 1 aliphatic heterocycles. The summed E-state index contributed by atoms with van der Waals surface area (Å²) >= 11 is 0. The van der Waals surface area contributed by atoms with Crippen molar-refractivity contribution in [1.29, 1.82) is 0 Å². The van der Waals surface area contributed by atoms with Crippen molar-refractivity contribution in [3.05, 3.63) is 22.5 Å². The molecule has 0 bridgehead atoms. The number of ketones is 1. The maximum absolute atomic E-state index is 12.9. The third-order valence-electron chi connectivity index (χ3n) is 5.14. The third-order valence-corrected chi connectivity index (χ3v) is 5.14. The van der Waals surface area contributed by atoms with Crippen LogP contribution in [0.5, 0.6) is 0 Å². The number of hydrogen-bond acceptors (Lipinski definition) is 3. The van der Waals surface area contributed by atoms with E-state index in [0.717, 1.165) is 18.5 Å². The van der Waals surface area contributed by atoms with Crippen LogP contribution in [0, 0.1) is 12.8 Å². The molecule has 0 saturated carbocycles. The van der Waals surface area contributed by atoms with Gasteiger partial charge in [0.1, 0.15) is 5.69 Å². The Morgan fingerprint density at radius 1 is 1.26 bits per heavy atom. The van der Waals surface area contributed by atoms with Gasteiger partial charge in [-0.15, -0.1) is 0 Å². The fraction of sp³-hybridized carbons (Fsp3) is 0.588. The SMILES string of the molecule is Cc1c(C(=O)N2CC(C(=O)O)CCC2C)[nH]c2c1C(=O)CCC2. The van der Waals surface area contributed by atoms with E-state index in [1.807, 2.05) is 6.92 Å². The van der Waals surface area contributed by atoms with Crippen LogP contribution in [-0.2, 0) is 11.2 Å². The number of nitrogens with one attached hydrogen (secondary N) is 1. The van der Waals surface area contributed by atoms with Gasteiger partial charge in [0.2, 0.25) is 0 Å². The van der Waals surface area contributed by atoms with Crippen molar-refractivity contribution in [3.63, 3.8) is 0 Å². The number of carboxylic acid groups (broad SMARTS) is 1. The molecule has 1 fully saturated rings. The standard InChI is InChI=1S/C17H22N2O4/c1-9-6-7-11(17(22)23)8-19(9)16(21)15-10(2)14-12(18-15)4-3-5-13(14)20/h9,11,18H,3-8H2,1-2H3,(H,22,23). The summed E-state index contributed by atoms with van der Waals surface area (Å²) in [6.07, 6.45) is 3.39. The van der Waals surface area contributed by atoms with Crippen LogP contribution in [0.25, 0.3) is 0 Å². The van der Waals surface area contributed by atoms with Crippen molar-refractivity contribution in [2.45, 2.75) is 52.0 Å². The maximum atomic E-state index is 12.9. The zero-order valence-corrected chi connectivity index (χ0v) is 13.5. The van der Waals surface area contributed by atoms with Crippen LogP contribution >= 0.6 is 0 Å². The molecule has 2 heterocycles. The number of Topliss-reactive ketones (excluding diaryl/α,β-unsaturated/α-hetero) is 1. The lowest BCUT2D eigenvalue weighted by molar-refractivity contribution is -0.143. The number of carboxylic acids is 1. The highest BCUT2D eigenvalue weighted by Crippen LogP contribution is 2.29. The number of hydrogen-bond donors (Lipinski definition) is 2. The number of carbonyl (C=O) groups excluding carboxylic acids is 2. The zero-order chi connectivity index (χ0) is 16.7. The number of fused-ring (bicyclic) bond motifs is 1. The highest BCUT2D eigenvalue weighted by molar-refractivity contribution is 6.04. The molecule has 1 amide bonds. The Morgan fingerprint density at radius 2 is 2.00 bits per heavy atom. The van der Waals surface area contributed by atoms with E-state index < -0.39 is 11.9 Å². The van der Waals surface area contributed by atoms with E-state index >= 15 is 0 Å². The Bertz CT molecular complexity index is 676. The summed E-state index contributed by atoms with van der Waals surface area (Å²) in [5, 5.41) is 9.23. The number of rotatable bonds is 2. The summed E-state index contributed by atoms with van der Waals surface area (Å²) in [6.45, 7) is 3.97. The van der Waals surface area contributed by atoms with Crippen LogP contribution in [0.1, 0.15) is 64.7 Å². The Balaban J connectivity index is 1.91. The topological polar surface area (TPSA) is 90.5 Å². The van der Waals surface area contributed by atoms with Crippen LogP contribution in [-0.4, -0.2) is 45.2 Å². The van der Waals surface area contributed by atoms with Crippen LogP contribution in [0.2, 0.25) is 0 Å². The smallest absolute Gasteiger partial charge is 0.308 e. The van der Waals surface area contributed by atoms with Gasteiger partial charge in [-0.1, -0.05) is 0 Å². The minimum atomic E-state index is -0.854. The number of aliphatic carboxylic acids is 1. The average Bonchev–Trinajstić information content (AvgIpc) is 2.85. The van der Waals surface area contributed by atoms with Gasteiger partial charge in [-0.3, -0.25) is 14.4 Å². The number of nitrogens with zero attached hydrogens (tertiary/aromatic N) is 1. The number of aromatic nitrogens is 1. The fourth-order valence-electron chi connectivity index (χ4n) is 3.72. The number of aromatic amines is 1. The Kier molecular flexibility index (Phi) is 4.00. The van der Waals surface area contributed by atoms with Gasteiger partial charge in [-0.2, -0.15) is 0 Å². The van der Waals surface area contributed by atoms with Gasteiger partial charge in [0.15, 0.2) is 5.78 Å². The monoisotopic (exact) mass is 318 g/mol. The number of carbonyl (C=O) groups is 3. The third kappa shape index (κ3) is 2.66. The second-order valence-electron chi connectivity index (χ2n) is 6.67. The lowest BCUT2D eigenvalue weighted by atomic mass is 9.92. The van der Waals surface area contributed by atoms with Crippen molar-refractivity contribution in [2.75, 3.05) is 6.54 Å². The molecule has 6 nitrogen and oxygen atoms in total. The summed E-state index contributed by atoms with van der Waals surface area (Å²) in [5.74, 6) is -1.47. The number of likely N-dealkylation sites (tertiary alicyclic amines) is 1. The van der Waals surface area contributed by atoms with Crippen molar-refractivity contribution >= 4 is 17.7 Å². The molecule has 2 aliphatic rings. The average molecular weight is 318 g/mol. The van der Waals surface area contributed by atoms with Gasteiger partial charge >= 0.3 is 5.97 Å². The number of H-pyrrole nitrogens is 1. The molecule has 124 valence electrons. The summed E-state index contributed by atoms with van der Waals surface area (Å²) in [6, 6.07) is 0.00790. The molecular weight excluding hydrogens is 296 g/mol. The summed E-state index contributed by atoms with van der Waals surface area (Å²) in [5.41, 5.74) is 2.67. The minimum absolute atomic E-state index is 0.00790. The second kappa shape index (κ2) is 5.83. The van der Waals surface area contributed by atoms with Crippen molar-refractivity contribution in [1.82, 2.24) is 9.88 Å². The van der Waals surface area contributed by atoms with Gasteiger partial charge in [0, 0.05) is 30.3 Å². The van der Waals surface area contributed by atoms with Crippen LogP contribution in [0.15, 0.2) is 0 Å². The molecule has 2 atom stereocenters. The molecule has 2 unspecified atom stereocenters. The molecule has 3 rings (SSSR count). The highest BCUT2D eigenvalue weighted by atomic mass is 16.4. The van der Waals surface area contributed by atoms with E-state index in [0.29, 0.717) is 36.1 Å². The molecule has 0 spiro atoms. The Labute approximate surface area is 134 Å². The first-order valence-corrected chi connectivity index (χ1v) is 8.18. The first kappa shape index (κ1) is 15.8. The number of amides is 1. The van der Waals surface area contributed by atoms with Crippen molar-refractivity contribution < 1.29 is 19.5 Å². The summed E-state index contributed by atoms with van der Waals surface area (Å²) < 4.78 is 0. The van der Waals surface area contributed by atoms with Gasteiger partial charge in [0.25, 0.3) is 5.91 Å². The molecule has 0 radical (unpaired) electrons. The molecule has 1 aromatic rings. The van der Waals surface area contributed by atoms with Crippen molar-refractivity contribution in [2.24, 2.45) is 5.92 Å². The van der Waals surface area contributed by atoms with E-state index in [9.17, 15) is 19.5 Å². The molecule has 1 saturated heterocycles. The highest BCUT2D eigenvalue weighted by Gasteiger charge is 2.35. The predicted octanol–water partition coefficient (Wildman–Crippen LogP) is 2.17. The zero-order valence-electron chi connectivity index (χ0n) is 13.5. The molecule has 6 heteroatoms. The van der Waals surface area contributed by atoms with E-state index in [4.69, 9.17) is 0 Å². The van der Waals surface area contributed by atoms with E-state index in [1.54, 1.807) is 11.8 Å². The predicted molar refractivity (Wildman–Crippen MR) is 83.7 cm³/mol. The molecule has 1 aliphatic carbocycles. The Morgan fingerprint density at radius 3 is 2.65 bits per heavy atom. The largest absolute Gasteiger partial charge is 0.481 e. The number of aryl methyl sites for hydroxylation is 1. The lowest BCUT2D eigenvalue weighted by Crippen LogP contribution is -2.47. The van der Waals surface area contributed by atoms with E-state index in [2.05, 4.69) is 4.98 Å². The fourth-order valence-corrected chi connectivity index (χ4v) is 3.72. The molecular formula is C17H22N2O4. The van der Waals surface area contributed by atoms with Crippen LogP contribution in [0.3, 0.4) is 0 Å². The minimum Gasteiger partial charge on any atom is -0.481 e. The maximum Gasteiger partial charge on any atom is 0.308 e. The Hall–Kier alpha value is -2.11. The van der Waals surface area contributed by atoms with E-state index in [-0.39, 0.29) is 24.3 Å². The molecule has 23 heavy (non-hydrogen) atoms. The molecule has 0 aromatic carbocycles. The van der Waals surface area contributed by atoms with Crippen molar-refractivity contribution in [3.8, 4) is 0 Å². The van der Waals surface area contributed by atoms with Gasteiger partial charge in [0.05, 0.1) is 5.92 Å². The second-order valence-corrected chi connectivity index (χ2v) is 6.67. The van der Waals surface area contributed by atoms with Gasteiger partial charge in [-0.05, 0) is 45.1 Å². The first-order chi connectivity index (χ1) is 10.9.